The number of nitrogens with one attached hydrogen (secondary N) is 1. The molecule has 2 aromatic rings. The number of benzene rings is 2. The molecule has 5 rings (SSSR count). The van der Waals surface area contributed by atoms with Crippen molar-refractivity contribution in [1.82, 2.24) is 15.1 Å². The van der Waals surface area contributed by atoms with E-state index in [0.717, 1.165) is 16.7 Å². The van der Waals surface area contributed by atoms with Crippen LogP contribution in [0, 0.1) is 0 Å². The summed E-state index contributed by atoms with van der Waals surface area (Å²) >= 11 is 0. The standard InChI is InChI=1S/C27H29N3O6/c1-27(2,3)36-26(34)29-11-10-16-12-19(5-4-17(16)14-29)35-20-6-7-21-18(13-20)15-30(25(21)33)22-8-9-23(31)28-24(22)32/h4-7,12-13,22H,8-11,14-15H2,1-3H3,(H,28,31,32). The van der Waals surface area contributed by atoms with Crippen LogP contribution in [-0.4, -0.2) is 51.8 Å². The van der Waals surface area contributed by atoms with Crippen LogP contribution in [0.2, 0.25) is 0 Å². The molecule has 1 saturated heterocycles. The molecule has 0 spiro atoms. The first-order chi connectivity index (χ1) is 17.1. The largest absolute Gasteiger partial charge is 0.457 e. The van der Waals surface area contributed by atoms with Crippen LogP contribution in [0.25, 0.3) is 0 Å². The molecule has 0 saturated carbocycles. The van der Waals surface area contributed by atoms with E-state index in [4.69, 9.17) is 9.47 Å². The Hall–Kier alpha value is -3.88. The zero-order chi connectivity index (χ0) is 25.6. The predicted octanol–water partition coefficient (Wildman–Crippen LogP) is 3.53. The minimum absolute atomic E-state index is 0.214. The first-order valence-corrected chi connectivity index (χ1v) is 12.1. The normalized spacial score (nSPS) is 19.5. The van der Waals surface area contributed by atoms with E-state index in [1.54, 1.807) is 17.0 Å². The molecule has 36 heavy (non-hydrogen) atoms. The zero-order valence-electron chi connectivity index (χ0n) is 20.6. The van der Waals surface area contributed by atoms with Crippen molar-refractivity contribution in [2.24, 2.45) is 0 Å². The molecule has 9 nitrogen and oxygen atoms in total. The quantitative estimate of drug-likeness (QED) is 0.659. The summed E-state index contributed by atoms with van der Waals surface area (Å²) in [7, 11) is 0. The van der Waals surface area contributed by atoms with E-state index in [9.17, 15) is 19.2 Å². The van der Waals surface area contributed by atoms with Crippen LogP contribution in [0.3, 0.4) is 0 Å². The van der Waals surface area contributed by atoms with Crippen LogP contribution < -0.4 is 10.1 Å². The van der Waals surface area contributed by atoms with E-state index in [2.05, 4.69) is 5.32 Å². The van der Waals surface area contributed by atoms with Gasteiger partial charge in [0.15, 0.2) is 0 Å². The fourth-order valence-electron chi connectivity index (χ4n) is 4.83. The summed E-state index contributed by atoms with van der Waals surface area (Å²) in [5, 5.41) is 2.32. The molecule has 1 N–H and O–H groups in total. The highest BCUT2D eigenvalue weighted by Gasteiger charge is 2.39. The molecule has 3 aliphatic heterocycles. The second-order valence-electron chi connectivity index (χ2n) is 10.4. The lowest BCUT2D eigenvalue weighted by Gasteiger charge is -2.31. The average Bonchev–Trinajstić information content (AvgIpc) is 3.13. The minimum Gasteiger partial charge on any atom is -0.457 e. The van der Waals surface area contributed by atoms with E-state index in [1.165, 1.54) is 4.90 Å². The van der Waals surface area contributed by atoms with Crippen LogP contribution in [0.15, 0.2) is 36.4 Å². The summed E-state index contributed by atoms with van der Waals surface area (Å²) in [5.74, 6) is 0.319. The maximum absolute atomic E-state index is 12.9. The summed E-state index contributed by atoms with van der Waals surface area (Å²) in [6, 6.07) is 10.4. The van der Waals surface area contributed by atoms with E-state index in [-0.39, 0.29) is 24.3 Å². The molecule has 0 radical (unpaired) electrons. The van der Waals surface area contributed by atoms with Gasteiger partial charge in [0, 0.05) is 31.6 Å². The predicted molar refractivity (Wildman–Crippen MR) is 129 cm³/mol. The first kappa shape index (κ1) is 23.8. The number of carbonyl (C=O) groups excluding carboxylic acids is 4. The second kappa shape index (κ2) is 8.96. The number of imide groups is 1. The van der Waals surface area contributed by atoms with Gasteiger partial charge >= 0.3 is 6.09 Å². The van der Waals surface area contributed by atoms with Crippen LogP contribution >= 0.6 is 0 Å². The number of nitrogens with zero attached hydrogens (tertiary/aromatic N) is 2. The lowest BCUT2D eigenvalue weighted by atomic mass is 10.00. The summed E-state index contributed by atoms with van der Waals surface area (Å²) in [6.07, 6.45) is 0.936. The van der Waals surface area contributed by atoms with Gasteiger partial charge in [-0.1, -0.05) is 6.07 Å². The van der Waals surface area contributed by atoms with Gasteiger partial charge < -0.3 is 19.3 Å². The molecule has 0 aliphatic carbocycles. The SMILES string of the molecule is CC(C)(C)OC(=O)N1CCc2cc(Oc3ccc4c(c3)CN(C3CCC(=O)NC3=O)C4=O)ccc2C1. The molecule has 9 heteroatoms. The molecule has 2 aromatic carbocycles. The van der Waals surface area contributed by atoms with Crippen molar-refractivity contribution in [1.29, 1.82) is 0 Å². The Balaban J connectivity index is 1.26. The summed E-state index contributed by atoms with van der Waals surface area (Å²) < 4.78 is 11.6. The van der Waals surface area contributed by atoms with E-state index in [0.29, 0.717) is 49.5 Å². The van der Waals surface area contributed by atoms with Crippen molar-refractivity contribution in [2.75, 3.05) is 6.54 Å². The summed E-state index contributed by atoms with van der Waals surface area (Å²) in [6.45, 7) is 6.92. The van der Waals surface area contributed by atoms with Crippen LogP contribution in [0.4, 0.5) is 4.79 Å². The number of rotatable bonds is 3. The van der Waals surface area contributed by atoms with Gasteiger partial charge in [-0.3, -0.25) is 19.7 Å². The second-order valence-corrected chi connectivity index (χ2v) is 10.4. The zero-order valence-corrected chi connectivity index (χ0v) is 20.6. The van der Waals surface area contributed by atoms with Crippen LogP contribution in [-0.2, 0) is 33.8 Å². The molecule has 1 atom stereocenters. The number of hydrogen-bond donors (Lipinski definition) is 1. The molecule has 1 fully saturated rings. The Labute approximate surface area is 209 Å². The van der Waals surface area contributed by atoms with E-state index >= 15 is 0 Å². The van der Waals surface area contributed by atoms with E-state index in [1.807, 2.05) is 45.0 Å². The molecule has 3 heterocycles. The van der Waals surface area contributed by atoms with Crippen molar-refractivity contribution >= 4 is 23.8 Å². The fourth-order valence-corrected chi connectivity index (χ4v) is 4.83. The Kier molecular flexibility index (Phi) is 5.94. The van der Waals surface area contributed by atoms with Crippen molar-refractivity contribution in [3.05, 3.63) is 58.7 Å². The van der Waals surface area contributed by atoms with Crippen LogP contribution in [0.5, 0.6) is 11.5 Å². The molecule has 1 unspecified atom stereocenters. The lowest BCUT2D eigenvalue weighted by molar-refractivity contribution is -0.136. The Morgan fingerprint density at radius 3 is 2.39 bits per heavy atom. The van der Waals surface area contributed by atoms with Crippen LogP contribution in [0.1, 0.15) is 60.7 Å². The molecule has 3 aliphatic rings. The maximum atomic E-state index is 12.9. The van der Waals surface area contributed by atoms with E-state index < -0.39 is 17.6 Å². The van der Waals surface area contributed by atoms with Gasteiger partial charge in [0.2, 0.25) is 11.8 Å². The van der Waals surface area contributed by atoms with Crippen molar-refractivity contribution in [3.8, 4) is 11.5 Å². The highest BCUT2D eigenvalue weighted by Crippen LogP contribution is 2.33. The fraction of sp³-hybridized carbons (Fsp3) is 0.407. The lowest BCUT2D eigenvalue weighted by Crippen LogP contribution is -2.52. The number of amides is 4. The number of fused-ring (bicyclic) bond motifs is 2. The van der Waals surface area contributed by atoms with Gasteiger partial charge in [-0.05, 0) is 80.6 Å². The Morgan fingerprint density at radius 2 is 1.67 bits per heavy atom. The highest BCUT2D eigenvalue weighted by atomic mass is 16.6. The Morgan fingerprint density at radius 1 is 0.944 bits per heavy atom. The highest BCUT2D eigenvalue weighted by molar-refractivity contribution is 6.05. The summed E-state index contributed by atoms with van der Waals surface area (Å²) in [4.78, 5) is 52.2. The molecule has 4 amide bonds. The summed E-state index contributed by atoms with van der Waals surface area (Å²) in [5.41, 5.74) is 2.97. The van der Waals surface area contributed by atoms with Gasteiger partial charge in [-0.2, -0.15) is 0 Å². The Bertz CT molecular complexity index is 1260. The van der Waals surface area contributed by atoms with Crippen molar-refractivity contribution < 1.29 is 28.7 Å². The number of ether oxygens (including phenoxy) is 2. The number of hydrogen-bond acceptors (Lipinski definition) is 6. The molecular weight excluding hydrogens is 462 g/mol. The smallest absolute Gasteiger partial charge is 0.410 e. The molecule has 0 bridgehead atoms. The van der Waals surface area contributed by atoms with Gasteiger partial charge in [-0.25, -0.2) is 4.79 Å². The molecular formula is C27H29N3O6. The third kappa shape index (κ3) is 4.78. The maximum Gasteiger partial charge on any atom is 0.410 e. The first-order valence-electron chi connectivity index (χ1n) is 12.1. The topological polar surface area (TPSA) is 105 Å². The third-order valence-electron chi connectivity index (χ3n) is 6.57. The number of piperidine rings is 1. The molecule has 0 aromatic heterocycles. The third-order valence-corrected chi connectivity index (χ3v) is 6.57. The van der Waals surface area contributed by atoms with Gasteiger partial charge in [-0.15, -0.1) is 0 Å². The minimum atomic E-state index is -0.646. The van der Waals surface area contributed by atoms with Gasteiger partial charge in [0.05, 0.1) is 0 Å². The molecule has 188 valence electrons. The van der Waals surface area contributed by atoms with Crippen molar-refractivity contribution in [3.63, 3.8) is 0 Å². The average molecular weight is 492 g/mol. The number of carbonyl (C=O) groups is 4. The van der Waals surface area contributed by atoms with Gasteiger partial charge in [0.25, 0.3) is 5.91 Å². The van der Waals surface area contributed by atoms with Gasteiger partial charge in [0.1, 0.15) is 23.1 Å². The monoisotopic (exact) mass is 491 g/mol. The van der Waals surface area contributed by atoms with Crippen molar-refractivity contribution in [2.45, 2.75) is 64.8 Å².